The van der Waals surface area contributed by atoms with Gasteiger partial charge in [-0.15, -0.1) is 0 Å². The first-order chi connectivity index (χ1) is 13.5. The number of fused-ring (bicyclic) bond motifs is 1. The van der Waals surface area contributed by atoms with Crippen LogP contribution in [0.15, 0.2) is 53.6 Å². The van der Waals surface area contributed by atoms with Crippen LogP contribution < -0.4 is 9.64 Å². The molecule has 8 heteroatoms. The number of ether oxygens (including phenoxy) is 1. The fourth-order valence-corrected chi connectivity index (χ4v) is 3.92. The maximum atomic E-state index is 11.7. The van der Waals surface area contributed by atoms with E-state index < -0.39 is 9.84 Å². The summed E-state index contributed by atoms with van der Waals surface area (Å²) in [5.41, 5.74) is 3.56. The normalized spacial score (nSPS) is 13.9. The number of rotatable bonds is 4. The highest BCUT2D eigenvalue weighted by molar-refractivity contribution is 7.90. The summed E-state index contributed by atoms with van der Waals surface area (Å²) in [4.78, 5) is 16.1. The summed E-state index contributed by atoms with van der Waals surface area (Å²) in [6, 6.07) is 12.6. The SMILES string of the molecule is COc1nc(-c2ccccn2)nc2c1CN(c1ccc(S(C)(=O)=O)cc1)CC2. The van der Waals surface area contributed by atoms with Gasteiger partial charge >= 0.3 is 0 Å². The summed E-state index contributed by atoms with van der Waals surface area (Å²) in [7, 11) is -1.60. The van der Waals surface area contributed by atoms with Crippen LogP contribution in [0.3, 0.4) is 0 Å². The molecule has 0 N–H and O–H groups in total. The lowest BCUT2D eigenvalue weighted by Crippen LogP contribution is -2.31. The molecule has 28 heavy (non-hydrogen) atoms. The Morgan fingerprint density at radius 1 is 1.07 bits per heavy atom. The minimum Gasteiger partial charge on any atom is -0.481 e. The first-order valence-electron chi connectivity index (χ1n) is 8.86. The molecule has 0 saturated carbocycles. The maximum absolute atomic E-state index is 11.7. The third kappa shape index (κ3) is 3.55. The van der Waals surface area contributed by atoms with Gasteiger partial charge in [-0.1, -0.05) is 6.07 Å². The number of benzene rings is 1. The van der Waals surface area contributed by atoms with Crippen LogP contribution in [-0.2, 0) is 22.8 Å². The Labute approximate surface area is 164 Å². The molecule has 0 radical (unpaired) electrons. The lowest BCUT2D eigenvalue weighted by atomic mass is 10.1. The number of sulfone groups is 1. The van der Waals surface area contributed by atoms with Gasteiger partial charge in [0.25, 0.3) is 0 Å². The van der Waals surface area contributed by atoms with Gasteiger partial charge in [0, 0.05) is 31.1 Å². The number of pyridine rings is 1. The molecule has 0 spiro atoms. The van der Waals surface area contributed by atoms with Gasteiger partial charge in [-0.25, -0.2) is 13.4 Å². The molecule has 144 valence electrons. The van der Waals surface area contributed by atoms with Crippen molar-refractivity contribution < 1.29 is 13.2 Å². The van der Waals surface area contributed by atoms with Crippen LogP contribution in [-0.4, -0.2) is 43.3 Å². The maximum Gasteiger partial charge on any atom is 0.222 e. The van der Waals surface area contributed by atoms with Crippen LogP contribution in [0, 0.1) is 0 Å². The monoisotopic (exact) mass is 396 g/mol. The molecule has 1 aliphatic rings. The fourth-order valence-electron chi connectivity index (χ4n) is 3.29. The number of anilines is 1. The molecule has 3 aromatic rings. The van der Waals surface area contributed by atoms with Crippen LogP contribution in [0.4, 0.5) is 5.69 Å². The van der Waals surface area contributed by atoms with E-state index in [0.29, 0.717) is 28.8 Å². The summed E-state index contributed by atoms with van der Waals surface area (Å²) in [6.45, 7) is 1.37. The zero-order valence-electron chi connectivity index (χ0n) is 15.7. The lowest BCUT2D eigenvalue weighted by Gasteiger charge is -2.31. The second-order valence-corrected chi connectivity index (χ2v) is 8.65. The zero-order chi connectivity index (χ0) is 19.7. The molecule has 0 saturated heterocycles. The van der Waals surface area contributed by atoms with E-state index in [1.807, 2.05) is 30.3 Å². The topological polar surface area (TPSA) is 85.3 Å². The summed E-state index contributed by atoms with van der Waals surface area (Å²) in [5.74, 6) is 1.10. The Hall–Kier alpha value is -3.00. The zero-order valence-corrected chi connectivity index (χ0v) is 16.5. The molecule has 1 aliphatic heterocycles. The van der Waals surface area contributed by atoms with Crippen LogP contribution in [0.2, 0.25) is 0 Å². The molecule has 0 atom stereocenters. The van der Waals surface area contributed by atoms with Crippen molar-refractivity contribution in [3.63, 3.8) is 0 Å². The summed E-state index contributed by atoms with van der Waals surface area (Å²) >= 11 is 0. The molecule has 0 amide bonds. The highest BCUT2D eigenvalue weighted by Crippen LogP contribution is 2.30. The van der Waals surface area contributed by atoms with Gasteiger partial charge in [-0.3, -0.25) is 4.98 Å². The predicted molar refractivity (Wildman–Crippen MR) is 106 cm³/mol. The van der Waals surface area contributed by atoms with Gasteiger partial charge in [0.15, 0.2) is 15.7 Å². The second kappa shape index (κ2) is 7.20. The summed E-state index contributed by atoms with van der Waals surface area (Å²) in [5, 5.41) is 0. The Bertz CT molecular complexity index is 1080. The van der Waals surface area contributed by atoms with Crippen LogP contribution in [0.1, 0.15) is 11.3 Å². The third-order valence-electron chi connectivity index (χ3n) is 4.74. The van der Waals surface area contributed by atoms with Crippen molar-refractivity contribution in [2.45, 2.75) is 17.9 Å². The van der Waals surface area contributed by atoms with Gasteiger partial charge in [-0.05, 0) is 36.4 Å². The number of aromatic nitrogens is 3. The lowest BCUT2D eigenvalue weighted by molar-refractivity contribution is 0.388. The molecule has 7 nitrogen and oxygen atoms in total. The Morgan fingerprint density at radius 2 is 1.86 bits per heavy atom. The second-order valence-electron chi connectivity index (χ2n) is 6.63. The Morgan fingerprint density at radius 3 is 2.50 bits per heavy atom. The van der Waals surface area contributed by atoms with Gasteiger partial charge in [0.2, 0.25) is 5.88 Å². The predicted octanol–water partition coefficient (Wildman–Crippen LogP) is 2.51. The standard InChI is InChI=1S/C20H20N4O3S/c1-27-20-16-13-24(14-6-8-15(9-7-14)28(2,25)26)12-10-17(16)22-19(23-20)18-5-3-4-11-21-18/h3-9,11H,10,12-13H2,1-2H3. The highest BCUT2D eigenvalue weighted by Gasteiger charge is 2.24. The molecule has 0 bridgehead atoms. The number of nitrogens with zero attached hydrogens (tertiary/aromatic N) is 4. The third-order valence-corrected chi connectivity index (χ3v) is 5.87. The summed E-state index contributed by atoms with van der Waals surface area (Å²) in [6.07, 6.45) is 3.66. The van der Waals surface area contributed by atoms with Gasteiger partial charge < -0.3 is 9.64 Å². The largest absolute Gasteiger partial charge is 0.481 e. The van der Waals surface area contributed by atoms with E-state index in [4.69, 9.17) is 9.72 Å². The first-order valence-corrected chi connectivity index (χ1v) is 10.7. The van der Waals surface area contributed by atoms with Crippen molar-refractivity contribution >= 4 is 15.5 Å². The van der Waals surface area contributed by atoms with Gasteiger partial charge in [0.05, 0.1) is 29.8 Å². The molecule has 1 aromatic carbocycles. The molecule has 0 fully saturated rings. The van der Waals surface area contributed by atoms with E-state index in [1.54, 1.807) is 25.4 Å². The number of hydrogen-bond donors (Lipinski definition) is 0. The van der Waals surface area contributed by atoms with Crippen molar-refractivity contribution in [3.05, 3.63) is 59.9 Å². The average Bonchev–Trinajstić information content (AvgIpc) is 2.72. The quantitative estimate of drug-likeness (QED) is 0.670. The minimum absolute atomic E-state index is 0.314. The van der Waals surface area contributed by atoms with E-state index in [1.165, 1.54) is 6.26 Å². The van der Waals surface area contributed by atoms with Crippen molar-refractivity contribution in [2.24, 2.45) is 0 Å². The van der Waals surface area contributed by atoms with E-state index in [-0.39, 0.29) is 0 Å². The number of hydrogen-bond acceptors (Lipinski definition) is 7. The molecule has 2 aromatic heterocycles. The minimum atomic E-state index is -3.21. The van der Waals surface area contributed by atoms with Crippen molar-refractivity contribution in [1.29, 1.82) is 0 Å². The van der Waals surface area contributed by atoms with Crippen molar-refractivity contribution in [2.75, 3.05) is 24.8 Å². The van der Waals surface area contributed by atoms with E-state index in [9.17, 15) is 8.42 Å². The molecule has 0 aliphatic carbocycles. The molecule has 4 rings (SSSR count). The van der Waals surface area contributed by atoms with E-state index in [2.05, 4.69) is 14.9 Å². The highest BCUT2D eigenvalue weighted by atomic mass is 32.2. The Balaban J connectivity index is 1.65. The van der Waals surface area contributed by atoms with Crippen LogP contribution in [0.25, 0.3) is 11.5 Å². The van der Waals surface area contributed by atoms with Crippen molar-refractivity contribution in [3.8, 4) is 17.4 Å². The van der Waals surface area contributed by atoms with Gasteiger partial charge in [-0.2, -0.15) is 4.98 Å². The molecule has 3 heterocycles. The van der Waals surface area contributed by atoms with Gasteiger partial charge in [0.1, 0.15) is 5.69 Å². The fraction of sp³-hybridized carbons (Fsp3) is 0.250. The smallest absolute Gasteiger partial charge is 0.222 e. The van der Waals surface area contributed by atoms with Crippen molar-refractivity contribution in [1.82, 2.24) is 15.0 Å². The van der Waals surface area contributed by atoms with Crippen LogP contribution >= 0.6 is 0 Å². The van der Waals surface area contributed by atoms with Crippen LogP contribution in [0.5, 0.6) is 5.88 Å². The van der Waals surface area contributed by atoms with E-state index in [0.717, 1.165) is 29.9 Å². The molecular formula is C20H20N4O3S. The summed E-state index contributed by atoms with van der Waals surface area (Å²) < 4.78 is 28.9. The first kappa shape index (κ1) is 18.4. The Kier molecular flexibility index (Phi) is 4.72. The molecular weight excluding hydrogens is 376 g/mol. The van der Waals surface area contributed by atoms with E-state index >= 15 is 0 Å². The molecule has 0 unspecified atom stereocenters. The number of methoxy groups -OCH3 is 1. The average molecular weight is 396 g/mol.